The van der Waals surface area contributed by atoms with E-state index in [-0.39, 0.29) is 29.1 Å². The first-order valence-electron chi connectivity index (χ1n) is 8.71. The molecule has 5 nitrogen and oxygen atoms in total. The van der Waals surface area contributed by atoms with E-state index in [2.05, 4.69) is 10.0 Å². The van der Waals surface area contributed by atoms with E-state index in [0.29, 0.717) is 0 Å². The average molecular weight is 454 g/mol. The van der Waals surface area contributed by atoms with E-state index in [4.69, 9.17) is 0 Å². The van der Waals surface area contributed by atoms with Gasteiger partial charge in [-0.25, -0.2) is 13.1 Å². The fourth-order valence-electron chi connectivity index (χ4n) is 2.61. The minimum atomic E-state index is -4.47. The summed E-state index contributed by atoms with van der Waals surface area (Å²) in [5.41, 5.74) is -0.445. The van der Waals surface area contributed by atoms with E-state index in [0.717, 1.165) is 17.0 Å². The predicted molar refractivity (Wildman–Crippen MR) is 107 cm³/mol. The summed E-state index contributed by atoms with van der Waals surface area (Å²) >= 11 is 1.41. The molecule has 2 aromatic carbocycles. The van der Waals surface area contributed by atoms with Crippen molar-refractivity contribution in [2.75, 3.05) is 0 Å². The van der Waals surface area contributed by atoms with Crippen molar-refractivity contribution < 1.29 is 26.4 Å². The molecule has 0 aliphatic heterocycles. The molecular weight excluding hydrogens is 437 g/mol. The number of alkyl halides is 3. The SMILES string of the molecule is O=C(NCc1cccc(C(F)(F)F)c1)c1cccc(S(=O)(=O)NCc2cccs2)c1. The van der Waals surface area contributed by atoms with Crippen LogP contribution >= 0.6 is 11.3 Å². The molecule has 0 atom stereocenters. The molecule has 3 rings (SSSR count). The number of benzene rings is 2. The van der Waals surface area contributed by atoms with Crippen LogP contribution in [0, 0.1) is 0 Å². The molecule has 0 spiro atoms. The number of carbonyl (C=O) groups is 1. The first kappa shape index (κ1) is 22.0. The smallest absolute Gasteiger partial charge is 0.348 e. The highest BCUT2D eigenvalue weighted by molar-refractivity contribution is 7.89. The monoisotopic (exact) mass is 454 g/mol. The molecule has 2 N–H and O–H groups in total. The van der Waals surface area contributed by atoms with Crippen molar-refractivity contribution in [3.8, 4) is 0 Å². The summed E-state index contributed by atoms with van der Waals surface area (Å²) in [5, 5.41) is 4.34. The van der Waals surface area contributed by atoms with Gasteiger partial charge in [0, 0.05) is 23.5 Å². The third-order valence-electron chi connectivity index (χ3n) is 4.13. The molecule has 30 heavy (non-hydrogen) atoms. The van der Waals surface area contributed by atoms with Crippen molar-refractivity contribution in [2.45, 2.75) is 24.2 Å². The van der Waals surface area contributed by atoms with Gasteiger partial charge in [0.05, 0.1) is 10.5 Å². The van der Waals surface area contributed by atoms with Crippen molar-refractivity contribution in [3.05, 3.63) is 87.6 Å². The van der Waals surface area contributed by atoms with E-state index >= 15 is 0 Å². The molecule has 0 fully saturated rings. The number of carbonyl (C=O) groups excluding carboxylic acids is 1. The lowest BCUT2D eigenvalue weighted by Crippen LogP contribution is -2.25. The van der Waals surface area contributed by atoms with E-state index in [9.17, 15) is 26.4 Å². The summed E-state index contributed by atoms with van der Waals surface area (Å²) in [6.45, 7) is 0.00231. The van der Waals surface area contributed by atoms with E-state index in [1.54, 1.807) is 6.07 Å². The van der Waals surface area contributed by atoms with E-state index < -0.39 is 27.7 Å². The van der Waals surface area contributed by atoms with Gasteiger partial charge in [-0.3, -0.25) is 4.79 Å². The molecule has 0 saturated carbocycles. The zero-order valence-electron chi connectivity index (χ0n) is 15.4. The molecule has 1 heterocycles. The Hall–Kier alpha value is -2.69. The Morgan fingerprint density at radius 3 is 2.43 bits per heavy atom. The number of amides is 1. The largest absolute Gasteiger partial charge is 0.416 e. The highest BCUT2D eigenvalue weighted by Gasteiger charge is 2.30. The fraction of sp³-hybridized carbons (Fsp3) is 0.150. The molecule has 0 bridgehead atoms. The van der Waals surface area contributed by atoms with Gasteiger partial charge in [-0.2, -0.15) is 13.2 Å². The van der Waals surface area contributed by atoms with Gasteiger partial charge in [0.2, 0.25) is 10.0 Å². The second-order valence-electron chi connectivity index (χ2n) is 6.31. The molecule has 0 radical (unpaired) electrons. The maximum absolute atomic E-state index is 12.8. The first-order chi connectivity index (χ1) is 14.1. The summed E-state index contributed by atoms with van der Waals surface area (Å²) < 4.78 is 65.8. The Morgan fingerprint density at radius 1 is 0.967 bits per heavy atom. The van der Waals surface area contributed by atoms with Crippen LogP contribution in [0.4, 0.5) is 13.2 Å². The highest BCUT2D eigenvalue weighted by atomic mass is 32.2. The molecule has 0 aliphatic rings. The van der Waals surface area contributed by atoms with Gasteiger partial charge in [0.25, 0.3) is 5.91 Å². The van der Waals surface area contributed by atoms with Crippen LogP contribution in [0.2, 0.25) is 0 Å². The first-order valence-corrected chi connectivity index (χ1v) is 11.1. The zero-order valence-corrected chi connectivity index (χ0v) is 17.1. The molecule has 3 aromatic rings. The van der Waals surface area contributed by atoms with Crippen molar-refractivity contribution in [3.63, 3.8) is 0 Å². The molecule has 10 heteroatoms. The molecule has 0 aliphatic carbocycles. The molecule has 158 valence electrons. The number of sulfonamides is 1. The Kier molecular flexibility index (Phi) is 6.59. The average Bonchev–Trinajstić information content (AvgIpc) is 3.24. The fourth-order valence-corrected chi connectivity index (χ4v) is 4.40. The summed E-state index contributed by atoms with van der Waals surface area (Å²) in [6, 6.07) is 13.7. The topological polar surface area (TPSA) is 75.3 Å². The van der Waals surface area contributed by atoms with Crippen LogP contribution in [-0.4, -0.2) is 14.3 Å². The summed E-state index contributed by atoms with van der Waals surface area (Å²) in [6.07, 6.45) is -4.47. The second kappa shape index (κ2) is 8.99. The Bertz CT molecular complexity index is 1130. The summed E-state index contributed by atoms with van der Waals surface area (Å²) in [5.74, 6) is -0.595. The Morgan fingerprint density at radius 2 is 1.73 bits per heavy atom. The number of hydrogen-bond donors (Lipinski definition) is 2. The molecule has 1 aromatic heterocycles. The zero-order chi connectivity index (χ0) is 21.8. The second-order valence-corrected chi connectivity index (χ2v) is 9.11. The lowest BCUT2D eigenvalue weighted by atomic mass is 10.1. The van der Waals surface area contributed by atoms with Gasteiger partial charge < -0.3 is 5.32 Å². The van der Waals surface area contributed by atoms with Crippen LogP contribution in [0.25, 0.3) is 0 Å². The molecular formula is C20H17F3N2O3S2. The Labute approximate surface area is 175 Å². The van der Waals surface area contributed by atoms with Crippen LogP contribution in [-0.2, 0) is 29.3 Å². The predicted octanol–water partition coefficient (Wildman–Crippen LogP) is 4.18. The van der Waals surface area contributed by atoms with Crippen molar-refractivity contribution in [1.82, 2.24) is 10.0 Å². The minimum absolute atomic E-state index is 0.0780. The number of rotatable bonds is 7. The van der Waals surface area contributed by atoms with Crippen molar-refractivity contribution in [2.24, 2.45) is 0 Å². The summed E-state index contributed by atoms with van der Waals surface area (Å²) in [7, 11) is -3.83. The van der Waals surface area contributed by atoms with E-state index in [1.165, 1.54) is 47.7 Å². The molecule has 1 amide bonds. The maximum Gasteiger partial charge on any atom is 0.416 e. The lowest BCUT2D eigenvalue weighted by molar-refractivity contribution is -0.137. The third-order valence-corrected chi connectivity index (χ3v) is 6.41. The number of halogens is 3. The van der Waals surface area contributed by atoms with Crippen LogP contribution in [0.3, 0.4) is 0 Å². The van der Waals surface area contributed by atoms with Gasteiger partial charge in [-0.15, -0.1) is 11.3 Å². The lowest BCUT2D eigenvalue weighted by Gasteiger charge is -2.10. The van der Waals surface area contributed by atoms with E-state index in [1.807, 2.05) is 11.4 Å². The molecule has 0 unspecified atom stereocenters. The summed E-state index contributed by atoms with van der Waals surface area (Å²) in [4.78, 5) is 13.1. The van der Waals surface area contributed by atoms with Crippen LogP contribution in [0.15, 0.2) is 70.9 Å². The van der Waals surface area contributed by atoms with Crippen molar-refractivity contribution >= 4 is 27.3 Å². The van der Waals surface area contributed by atoms with Crippen LogP contribution in [0.1, 0.15) is 26.4 Å². The molecule has 0 saturated heterocycles. The number of hydrogen-bond acceptors (Lipinski definition) is 4. The third kappa shape index (κ3) is 5.68. The highest BCUT2D eigenvalue weighted by Crippen LogP contribution is 2.29. The van der Waals surface area contributed by atoms with Crippen LogP contribution in [0.5, 0.6) is 0 Å². The van der Waals surface area contributed by atoms with Gasteiger partial charge in [-0.05, 0) is 47.3 Å². The normalized spacial score (nSPS) is 12.0. The van der Waals surface area contributed by atoms with Gasteiger partial charge in [-0.1, -0.05) is 24.3 Å². The van der Waals surface area contributed by atoms with Crippen molar-refractivity contribution in [1.29, 1.82) is 0 Å². The van der Waals surface area contributed by atoms with Crippen LogP contribution < -0.4 is 10.0 Å². The van der Waals surface area contributed by atoms with Gasteiger partial charge >= 0.3 is 6.18 Å². The van der Waals surface area contributed by atoms with Gasteiger partial charge in [0.1, 0.15) is 0 Å². The Balaban J connectivity index is 1.67. The number of thiophene rings is 1. The van der Waals surface area contributed by atoms with Gasteiger partial charge in [0.15, 0.2) is 0 Å². The minimum Gasteiger partial charge on any atom is -0.348 e. The standard InChI is InChI=1S/C20H17F3N2O3S2/c21-20(22,23)16-6-1-4-14(10-16)12-24-19(26)15-5-2-8-18(11-15)30(27,28)25-13-17-7-3-9-29-17/h1-11,25H,12-13H2,(H,24,26). The number of nitrogens with one attached hydrogen (secondary N) is 2. The quantitative estimate of drug-likeness (QED) is 0.563. The maximum atomic E-state index is 12.8.